The van der Waals surface area contributed by atoms with Gasteiger partial charge in [-0.1, -0.05) is 19.8 Å². The molecule has 1 aliphatic rings. The van der Waals surface area contributed by atoms with E-state index in [4.69, 9.17) is 0 Å². The summed E-state index contributed by atoms with van der Waals surface area (Å²) in [7, 11) is 0. The SMILES string of the molecule is Cc1cc(F)c(-c2cc(F)c(C(F)(F)Oc3cc(F)c(C4CCC(C)CC4)c(F)c3)c(F)c2)c(F)c1. The number of alkyl halides is 2. The standard InChI is InChI=1S/C27H22F8O/c1-13-3-5-15(6-4-13)24-20(30)11-17(12-21(24)31)36-27(34,35)26-22(32)9-16(10-23(26)33)25-18(28)7-14(2)8-19(25)29/h7-13,15H,3-6H2,1-2H3. The fraction of sp³-hybridized carbons (Fsp3) is 0.333. The molecule has 1 fully saturated rings. The van der Waals surface area contributed by atoms with Crippen LogP contribution in [0, 0.1) is 47.7 Å². The van der Waals surface area contributed by atoms with Gasteiger partial charge in [-0.15, -0.1) is 0 Å². The summed E-state index contributed by atoms with van der Waals surface area (Å²) in [6.45, 7) is 3.42. The Morgan fingerprint density at radius 2 is 1.19 bits per heavy atom. The summed E-state index contributed by atoms with van der Waals surface area (Å²) in [5.41, 5.74) is -3.35. The van der Waals surface area contributed by atoms with Gasteiger partial charge in [0.05, 0.1) is 5.56 Å². The smallest absolute Gasteiger partial charge is 0.429 e. The fourth-order valence-corrected chi connectivity index (χ4v) is 4.73. The van der Waals surface area contributed by atoms with E-state index in [1.165, 1.54) is 6.92 Å². The van der Waals surface area contributed by atoms with E-state index in [9.17, 15) is 35.1 Å². The molecular weight excluding hydrogens is 492 g/mol. The molecule has 0 bridgehead atoms. The molecule has 0 amide bonds. The Balaban J connectivity index is 1.65. The van der Waals surface area contributed by atoms with Crippen molar-refractivity contribution in [1.29, 1.82) is 0 Å². The van der Waals surface area contributed by atoms with Crippen LogP contribution in [-0.2, 0) is 6.11 Å². The Labute approximate surface area is 202 Å². The summed E-state index contributed by atoms with van der Waals surface area (Å²) in [5.74, 6) is -9.15. The third kappa shape index (κ3) is 5.06. The lowest BCUT2D eigenvalue weighted by Gasteiger charge is -2.27. The maximum atomic E-state index is 14.8. The lowest BCUT2D eigenvalue weighted by molar-refractivity contribution is -0.189. The maximum Gasteiger partial charge on any atom is 0.432 e. The molecule has 1 aliphatic carbocycles. The first kappa shape index (κ1) is 26.0. The van der Waals surface area contributed by atoms with E-state index >= 15 is 0 Å². The first-order chi connectivity index (χ1) is 16.9. The Hall–Kier alpha value is -3.10. The topological polar surface area (TPSA) is 9.23 Å². The van der Waals surface area contributed by atoms with Gasteiger partial charge in [0.25, 0.3) is 0 Å². The zero-order valence-corrected chi connectivity index (χ0v) is 19.4. The summed E-state index contributed by atoms with van der Waals surface area (Å²) < 4.78 is 121. The lowest BCUT2D eigenvalue weighted by atomic mass is 9.79. The van der Waals surface area contributed by atoms with Crippen molar-refractivity contribution < 1.29 is 39.9 Å². The summed E-state index contributed by atoms with van der Waals surface area (Å²) in [6, 6.07) is 3.60. The van der Waals surface area contributed by atoms with Crippen molar-refractivity contribution in [1.82, 2.24) is 0 Å². The van der Waals surface area contributed by atoms with Crippen LogP contribution in [0.15, 0.2) is 36.4 Å². The average Bonchev–Trinajstić information content (AvgIpc) is 2.72. The molecule has 3 aromatic carbocycles. The highest BCUT2D eigenvalue weighted by Crippen LogP contribution is 2.41. The van der Waals surface area contributed by atoms with Crippen LogP contribution in [0.2, 0.25) is 0 Å². The molecule has 0 aromatic heterocycles. The number of halogens is 8. The maximum absolute atomic E-state index is 14.8. The van der Waals surface area contributed by atoms with E-state index < -0.39 is 69.4 Å². The van der Waals surface area contributed by atoms with Gasteiger partial charge in [0.1, 0.15) is 46.2 Å². The van der Waals surface area contributed by atoms with E-state index in [2.05, 4.69) is 4.74 Å². The van der Waals surface area contributed by atoms with E-state index in [0.717, 1.165) is 25.0 Å². The zero-order valence-electron chi connectivity index (χ0n) is 19.4. The minimum atomic E-state index is -4.70. The molecule has 0 N–H and O–H groups in total. The molecule has 0 unspecified atom stereocenters. The number of hydrogen-bond acceptors (Lipinski definition) is 1. The second-order valence-corrected chi connectivity index (χ2v) is 9.29. The molecule has 0 spiro atoms. The number of ether oxygens (including phenoxy) is 1. The molecule has 0 saturated heterocycles. The lowest BCUT2D eigenvalue weighted by Crippen LogP contribution is -2.25. The van der Waals surface area contributed by atoms with Crippen molar-refractivity contribution in [3.63, 3.8) is 0 Å². The highest BCUT2D eigenvalue weighted by Gasteiger charge is 2.42. The normalized spacial score (nSPS) is 18.4. The number of hydrogen-bond donors (Lipinski definition) is 0. The van der Waals surface area contributed by atoms with E-state index in [1.54, 1.807) is 0 Å². The van der Waals surface area contributed by atoms with E-state index in [-0.39, 0.29) is 11.1 Å². The number of aryl methyl sites for hydroxylation is 1. The number of benzene rings is 3. The second-order valence-electron chi connectivity index (χ2n) is 9.29. The van der Waals surface area contributed by atoms with Gasteiger partial charge in [-0.25, -0.2) is 26.3 Å². The fourth-order valence-electron chi connectivity index (χ4n) is 4.73. The second kappa shape index (κ2) is 9.75. The molecule has 36 heavy (non-hydrogen) atoms. The molecule has 0 aliphatic heterocycles. The van der Waals surface area contributed by atoms with Crippen LogP contribution in [0.4, 0.5) is 35.1 Å². The molecule has 9 heteroatoms. The van der Waals surface area contributed by atoms with Crippen molar-refractivity contribution in [3.05, 3.63) is 88.0 Å². The Morgan fingerprint density at radius 1 is 0.694 bits per heavy atom. The van der Waals surface area contributed by atoms with Crippen molar-refractivity contribution in [2.75, 3.05) is 0 Å². The minimum Gasteiger partial charge on any atom is -0.429 e. The van der Waals surface area contributed by atoms with Gasteiger partial charge in [-0.05, 0) is 67.0 Å². The zero-order chi connectivity index (χ0) is 26.4. The summed E-state index contributed by atoms with van der Waals surface area (Å²) in [6.07, 6.45) is -2.08. The Kier molecular flexibility index (Phi) is 7.03. The number of rotatable bonds is 5. The van der Waals surface area contributed by atoms with E-state index in [1.807, 2.05) is 6.92 Å². The predicted octanol–water partition coefficient (Wildman–Crippen LogP) is 8.92. The molecular formula is C27H22F8O. The van der Waals surface area contributed by atoms with Gasteiger partial charge in [0.2, 0.25) is 0 Å². The molecule has 1 nitrogen and oxygen atoms in total. The molecule has 0 atom stereocenters. The summed E-state index contributed by atoms with van der Waals surface area (Å²) >= 11 is 0. The summed E-state index contributed by atoms with van der Waals surface area (Å²) in [5, 5.41) is 0. The predicted molar refractivity (Wildman–Crippen MR) is 118 cm³/mol. The molecule has 0 heterocycles. The molecule has 3 aromatic rings. The van der Waals surface area contributed by atoms with Crippen LogP contribution >= 0.6 is 0 Å². The van der Waals surface area contributed by atoms with Crippen LogP contribution in [0.3, 0.4) is 0 Å². The first-order valence-electron chi connectivity index (χ1n) is 11.4. The van der Waals surface area contributed by atoms with Crippen LogP contribution < -0.4 is 4.74 Å². The third-order valence-corrected chi connectivity index (χ3v) is 6.53. The Morgan fingerprint density at radius 3 is 1.69 bits per heavy atom. The highest BCUT2D eigenvalue weighted by atomic mass is 19.3. The monoisotopic (exact) mass is 514 g/mol. The minimum absolute atomic E-state index is 0.203. The van der Waals surface area contributed by atoms with Crippen molar-refractivity contribution in [2.24, 2.45) is 5.92 Å². The molecule has 1 saturated carbocycles. The van der Waals surface area contributed by atoms with Gasteiger partial charge in [0.15, 0.2) is 0 Å². The van der Waals surface area contributed by atoms with Crippen LogP contribution in [0.25, 0.3) is 11.1 Å². The van der Waals surface area contributed by atoms with Crippen LogP contribution in [0.5, 0.6) is 5.75 Å². The van der Waals surface area contributed by atoms with Crippen molar-refractivity contribution >= 4 is 0 Å². The molecule has 192 valence electrons. The van der Waals surface area contributed by atoms with Crippen LogP contribution in [0.1, 0.15) is 55.2 Å². The van der Waals surface area contributed by atoms with E-state index in [0.29, 0.717) is 43.0 Å². The summed E-state index contributed by atoms with van der Waals surface area (Å²) in [4.78, 5) is 0. The van der Waals surface area contributed by atoms with Crippen LogP contribution in [-0.4, -0.2) is 0 Å². The Bertz CT molecular complexity index is 1230. The average molecular weight is 514 g/mol. The third-order valence-electron chi connectivity index (χ3n) is 6.53. The van der Waals surface area contributed by atoms with Gasteiger partial charge in [-0.3, -0.25) is 0 Å². The van der Waals surface area contributed by atoms with Gasteiger partial charge in [-0.2, -0.15) is 8.78 Å². The van der Waals surface area contributed by atoms with Crippen molar-refractivity contribution in [3.8, 4) is 16.9 Å². The van der Waals surface area contributed by atoms with Gasteiger partial charge in [0, 0.05) is 17.7 Å². The first-order valence-corrected chi connectivity index (χ1v) is 11.4. The van der Waals surface area contributed by atoms with Crippen molar-refractivity contribution in [2.45, 2.75) is 51.6 Å². The highest BCUT2D eigenvalue weighted by molar-refractivity contribution is 5.66. The molecule has 0 radical (unpaired) electrons. The quantitative estimate of drug-likeness (QED) is 0.309. The largest absolute Gasteiger partial charge is 0.432 e. The van der Waals surface area contributed by atoms with Gasteiger partial charge < -0.3 is 4.74 Å². The molecule has 4 rings (SSSR count). The van der Waals surface area contributed by atoms with Gasteiger partial charge >= 0.3 is 6.11 Å².